The number of halogens is 1. The first kappa shape index (κ1) is 11.0. The molecule has 0 aliphatic rings. The number of nitrogens with two attached hydrogens (primary N) is 2. The van der Waals surface area contributed by atoms with Gasteiger partial charge >= 0.3 is 0 Å². The molecule has 1 rings (SSSR count). The first-order valence-electron chi connectivity index (χ1n) is 4.36. The topological polar surface area (TPSA) is 52.0 Å². The zero-order valence-electron chi connectivity index (χ0n) is 7.66. The summed E-state index contributed by atoms with van der Waals surface area (Å²) in [6.07, 6.45) is 0.955. The SMILES string of the molecule is CC(CCN)C(N)c1ccc(Cl)s1. The smallest absolute Gasteiger partial charge is 0.0931 e. The van der Waals surface area contributed by atoms with Gasteiger partial charge in [0, 0.05) is 10.9 Å². The molecule has 74 valence electrons. The Labute approximate surface area is 87.9 Å². The van der Waals surface area contributed by atoms with E-state index in [1.165, 1.54) is 0 Å². The van der Waals surface area contributed by atoms with Gasteiger partial charge in [-0.25, -0.2) is 0 Å². The third-order valence-electron chi connectivity index (χ3n) is 2.16. The Bertz CT molecular complexity index is 262. The van der Waals surface area contributed by atoms with Crippen LogP contribution in [0.5, 0.6) is 0 Å². The van der Waals surface area contributed by atoms with Crippen molar-refractivity contribution >= 4 is 22.9 Å². The summed E-state index contributed by atoms with van der Waals surface area (Å²) in [5.41, 5.74) is 11.5. The van der Waals surface area contributed by atoms with E-state index in [4.69, 9.17) is 23.1 Å². The maximum Gasteiger partial charge on any atom is 0.0931 e. The van der Waals surface area contributed by atoms with Gasteiger partial charge in [-0.1, -0.05) is 18.5 Å². The third-order valence-corrected chi connectivity index (χ3v) is 3.49. The molecule has 0 radical (unpaired) electrons. The maximum absolute atomic E-state index is 6.03. The molecule has 0 amide bonds. The molecule has 4 heteroatoms. The van der Waals surface area contributed by atoms with E-state index in [1.807, 2.05) is 12.1 Å². The van der Waals surface area contributed by atoms with Crippen LogP contribution in [0.2, 0.25) is 4.34 Å². The molecule has 0 aliphatic heterocycles. The lowest BCUT2D eigenvalue weighted by molar-refractivity contribution is 0.449. The standard InChI is InChI=1S/C9H15ClN2S/c1-6(4-5-11)9(12)7-2-3-8(10)13-7/h2-3,6,9H,4-5,11-12H2,1H3. The van der Waals surface area contributed by atoms with Crippen molar-refractivity contribution in [2.75, 3.05) is 6.54 Å². The molecule has 0 aliphatic carbocycles. The second-order valence-corrected chi connectivity index (χ2v) is 4.97. The van der Waals surface area contributed by atoms with Crippen LogP contribution in [0, 0.1) is 5.92 Å². The van der Waals surface area contributed by atoms with Crippen LogP contribution < -0.4 is 11.5 Å². The van der Waals surface area contributed by atoms with Gasteiger partial charge in [0.2, 0.25) is 0 Å². The van der Waals surface area contributed by atoms with Gasteiger partial charge in [-0.2, -0.15) is 0 Å². The summed E-state index contributed by atoms with van der Waals surface area (Å²) < 4.78 is 0.797. The molecule has 0 fully saturated rings. The van der Waals surface area contributed by atoms with Crippen LogP contribution in [0.25, 0.3) is 0 Å². The fourth-order valence-electron chi connectivity index (χ4n) is 1.23. The molecule has 0 aromatic carbocycles. The van der Waals surface area contributed by atoms with Gasteiger partial charge in [0.05, 0.1) is 4.34 Å². The lowest BCUT2D eigenvalue weighted by Crippen LogP contribution is -2.20. The number of hydrogen-bond acceptors (Lipinski definition) is 3. The molecular weight excluding hydrogens is 204 g/mol. The highest BCUT2D eigenvalue weighted by Crippen LogP contribution is 2.30. The molecule has 13 heavy (non-hydrogen) atoms. The molecule has 1 aromatic heterocycles. The van der Waals surface area contributed by atoms with Crippen molar-refractivity contribution < 1.29 is 0 Å². The van der Waals surface area contributed by atoms with Gasteiger partial charge in [-0.05, 0) is 31.0 Å². The van der Waals surface area contributed by atoms with Crippen LogP contribution in [0.15, 0.2) is 12.1 Å². The van der Waals surface area contributed by atoms with Crippen molar-refractivity contribution in [3.8, 4) is 0 Å². The van der Waals surface area contributed by atoms with Crippen LogP contribution in [0.3, 0.4) is 0 Å². The van der Waals surface area contributed by atoms with E-state index in [-0.39, 0.29) is 6.04 Å². The Morgan fingerprint density at radius 2 is 2.23 bits per heavy atom. The monoisotopic (exact) mass is 218 g/mol. The van der Waals surface area contributed by atoms with Crippen molar-refractivity contribution in [2.24, 2.45) is 17.4 Å². The molecule has 4 N–H and O–H groups in total. The largest absolute Gasteiger partial charge is 0.330 e. The molecule has 0 bridgehead atoms. The molecule has 0 saturated heterocycles. The molecule has 2 unspecified atom stereocenters. The van der Waals surface area contributed by atoms with Crippen molar-refractivity contribution in [1.29, 1.82) is 0 Å². The Hall–Kier alpha value is -0.0900. The first-order chi connectivity index (χ1) is 6.15. The van der Waals surface area contributed by atoms with Crippen LogP contribution >= 0.6 is 22.9 Å². The summed E-state index contributed by atoms with van der Waals surface area (Å²) in [4.78, 5) is 1.14. The van der Waals surface area contributed by atoms with E-state index in [9.17, 15) is 0 Å². The fourth-order valence-corrected chi connectivity index (χ4v) is 2.43. The Morgan fingerprint density at radius 1 is 1.54 bits per heavy atom. The van der Waals surface area contributed by atoms with Crippen molar-refractivity contribution in [2.45, 2.75) is 19.4 Å². The van der Waals surface area contributed by atoms with Crippen LogP contribution in [-0.4, -0.2) is 6.54 Å². The summed E-state index contributed by atoms with van der Waals surface area (Å²) in [5.74, 6) is 0.416. The van der Waals surface area contributed by atoms with Gasteiger partial charge < -0.3 is 11.5 Å². The second kappa shape index (κ2) is 4.96. The summed E-state index contributed by atoms with van der Waals surface area (Å²) in [6.45, 7) is 2.80. The minimum atomic E-state index is 0.0704. The van der Waals surface area contributed by atoms with Crippen LogP contribution in [0.1, 0.15) is 24.3 Å². The lowest BCUT2D eigenvalue weighted by Gasteiger charge is -2.17. The van der Waals surface area contributed by atoms with E-state index in [2.05, 4.69) is 6.92 Å². The minimum Gasteiger partial charge on any atom is -0.330 e. The van der Waals surface area contributed by atoms with E-state index in [1.54, 1.807) is 11.3 Å². The average molecular weight is 219 g/mol. The van der Waals surface area contributed by atoms with E-state index in [0.29, 0.717) is 12.5 Å². The third kappa shape index (κ3) is 2.95. The van der Waals surface area contributed by atoms with E-state index < -0.39 is 0 Å². The van der Waals surface area contributed by atoms with Crippen LogP contribution in [0.4, 0.5) is 0 Å². The number of rotatable bonds is 4. The minimum absolute atomic E-state index is 0.0704. The van der Waals surface area contributed by atoms with E-state index >= 15 is 0 Å². The van der Waals surface area contributed by atoms with Crippen molar-refractivity contribution in [3.05, 3.63) is 21.3 Å². The highest BCUT2D eigenvalue weighted by atomic mass is 35.5. The summed E-state index contributed by atoms with van der Waals surface area (Å²) in [7, 11) is 0. The summed E-state index contributed by atoms with van der Waals surface area (Å²) in [5, 5.41) is 0. The zero-order chi connectivity index (χ0) is 9.84. The average Bonchev–Trinajstić information content (AvgIpc) is 2.51. The predicted octanol–water partition coefficient (Wildman–Crippen LogP) is 2.39. The predicted molar refractivity (Wildman–Crippen MR) is 59.1 cm³/mol. The zero-order valence-corrected chi connectivity index (χ0v) is 9.24. The molecular formula is C9H15ClN2S. The molecule has 0 saturated carbocycles. The normalized spacial score (nSPS) is 15.7. The fraction of sp³-hybridized carbons (Fsp3) is 0.556. The van der Waals surface area contributed by atoms with Gasteiger partial charge in [-0.15, -0.1) is 11.3 Å². The molecule has 1 aromatic rings. The Balaban J connectivity index is 2.61. The summed E-state index contributed by atoms with van der Waals surface area (Å²) in [6, 6.07) is 3.95. The van der Waals surface area contributed by atoms with Gasteiger partial charge in [0.15, 0.2) is 0 Å². The second-order valence-electron chi connectivity index (χ2n) is 3.22. The highest BCUT2D eigenvalue weighted by molar-refractivity contribution is 7.16. The Morgan fingerprint density at radius 3 is 2.69 bits per heavy atom. The van der Waals surface area contributed by atoms with Gasteiger partial charge in [0.25, 0.3) is 0 Å². The quantitative estimate of drug-likeness (QED) is 0.816. The highest BCUT2D eigenvalue weighted by Gasteiger charge is 2.15. The summed E-state index contributed by atoms with van der Waals surface area (Å²) >= 11 is 7.37. The molecule has 1 heterocycles. The number of thiophene rings is 1. The Kier molecular flexibility index (Phi) is 4.19. The molecule has 0 spiro atoms. The number of hydrogen-bond donors (Lipinski definition) is 2. The van der Waals surface area contributed by atoms with Crippen LogP contribution in [-0.2, 0) is 0 Å². The molecule has 2 atom stereocenters. The molecule has 2 nitrogen and oxygen atoms in total. The maximum atomic E-state index is 6.03. The van der Waals surface area contributed by atoms with Crippen molar-refractivity contribution in [1.82, 2.24) is 0 Å². The lowest BCUT2D eigenvalue weighted by atomic mass is 9.98. The van der Waals surface area contributed by atoms with E-state index in [0.717, 1.165) is 15.6 Å². The van der Waals surface area contributed by atoms with Crippen molar-refractivity contribution in [3.63, 3.8) is 0 Å². The first-order valence-corrected chi connectivity index (χ1v) is 5.55. The van der Waals surface area contributed by atoms with Gasteiger partial charge in [-0.3, -0.25) is 0 Å². The van der Waals surface area contributed by atoms with Gasteiger partial charge in [0.1, 0.15) is 0 Å².